The number of benzene rings is 1. The smallest absolute Gasteiger partial charge is 0.328 e. The second kappa shape index (κ2) is 10.9. The molecule has 2 N–H and O–H groups in total. The molecule has 0 aromatic heterocycles. The van der Waals surface area contributed by atoms with Gasteiger partial charge >= 0.3 is 5.97 Å². The van der Waals surface area contributed by atoms with Gasteiger partial charge in [0.2, 0.25) is 5.91 Å². The van der Waals surface area contributed by atoms with E-state index in [1.54, 1.807) is 13.0 Å². The van der Waals surface area contributed by atoms with Crippen LogP contribution in [0, 0.1) is 5.41 Å². The van der Waals surface area contributed by atoms with Gasteiger partial charge in [-0.1, -0.05) is 67.5 Å². The van der Waals surface area contributed by atoms with E-state index in [2.05, 4.69) is 50.4 Å². The van der Waals surface area contributed by atoms with Crippen molar-refractivity contribution in [2.45, 2.75) is 60.3 Å². The molecule has 0 aliphatic heterocycles. The molecule has 1 aliphatic rings. The third kappa shape index (κ3) is 6.94. The maximum Gasteiger partial charge on any atom is 0.328 e. The lowest BCUT2D eigenvalue weighted by Crippen LogP contribution is -2.28. The van der Waals surface area contributed by atoms with E-state index in [1.807, 2.05) is 31.2 Å². The number of anilines is 1. The first-order valence-electron chi connectivity index (χ1n) is 11.0. The third-order valence-corrected chi connectivity index (χ3v) is 6.05. The molecule has 4 nitrogen and oxygen atoms in total. The number of hydrogen-bond acceptors (Lipinski definition) is 2. The van der Waals surface area contributed by atoms with Crippen LogP contribution in [0.3, 0.4) is 0 Å². The Morgan fingerprint density at radius 1 is 1.06 bits per heavy atom. The molecule has 170 valence electrons. The zero-order chi connectivity index (χ0) is 23.9. The van der Waals surface area contributed by atoms with E-state index in [9.17, 15) is 9.59 Å². The van der Waals surface area contributed by atoms with Crippen LogP contribution in [0.4, 0.5) is 5.69 Å². The lowest BCUT2D eigenvalue weighted by Gasteiger charge is -2.41. The van der Waals surface area contributed by atoms with Crippen molar-refractivity contribution < 1.29 is 14.7 Å². The second-order valence-electron chi connectivity index (χ2n) is 9.14. The molecule has 0 radical (unpaired) electrons. The van der Waals surface area contributed by atoms with E-state index < -0.39 is 5.97 Å². The van der Waals surface area contributed by atoms with Crippen LogP contribution in [-0.4, -0.2) is 17.0 Å². The Hall–Kier alpha value is -3.14. The molecule has 1 aromatic rings. The highest BCUT2D eigenvalue weighted by Gasteiger charge is 2.37. The van der Waals surface area contributed by atoms with Gasteiger partial charge in [-0.3, -0.25) is 4.79 Å². The molecule has 1 aliphatic carbocycles. The Labute approximate surface area is 192 Å². The third-order valence-electron chi connectivity index (χ3n) is 6.05. The lowest BCUT2D eigenvalue weighted by atomic mass is 9.63. The summed E-state index contributed by atoms with van der Waals surface area (Å²) < 4.78 is 0. The predicted molar refractivity (Wildman–Crippen MR) is 133 cm³/mol. The highest BCUT2D eigenvalue weighted by molar-refractivity contribution is 5.88. The van der Waals surface area contributed by atoms with Gasteiger partial charge in [0.25, 0.3) is 0 Å². The zero-order valence-electron chi connectivity index (χ0n) is 20.0. The van der Waals surface area contributed by atoms with Gasteiger partial charge in [0.1, 0.15) is 0 Å². The number of carbonyl (C=O) groups excluding carboxylic acids is 1. The molecule has 0 heterocycles. The Bertz CT molecular complexity index is 1000. The molecular weight excluding hydrogens is 398 g/mol. The first kappa shape index (κ1) is 25.1. The van der Waals surface area contributed by atoms with Gasteiger partial charge in [-0.15, -0.1) is 0 Å². The highest BCUT2D eigenvalue weighted by atomic mass is 16.4. The second-order valence-corrected chi connectivity index (χ2v) is 9.14. The van der Waals surface area contributed by atoms with Crippen molar-refractivity contribution >= 4 is 17.6 Å². The monoisotopic (exact) mass is 433 g/mol. The van der Waals surface area contributed by atoms with Crippen molar-refractivity contribution in [3.63, 3.8) is 0 Å². The Morgan fingerprint density at radius 2 is 1.72 bits per heavy atom. The minimum absolute atomic E-state index is 0.0225. The number of rotatable bonds is 7. The molecular formula is C28H35NO3. The predicted octanol–water partition coefficient (Wildman–Crippen LogP) is 6.95. The van der Waals surface area contributed by atoms with Crippen LogP contribution in [0.25, 0.3) is 0 Å². The van der Waals surface area contributed by atoms with E-state index in [0.717, 1.165) is 24.1 Å². The van der Waals surface area contributed by atoms with Crippen molar-refractivity contribution in [2.24, 2.45) is 5.41 Å². The molecule has 1 amide bonds. The molecule has 0 saturated heterocycles. The summed E-state index contributed by atoms with van der Waals surface area (Å²) in [5, 5.41) is 11.6. The number of carboxylic acid groups (broad SMARTS) is 1. The Morgan fingerprint density at radius 3 is 2.31 bits per heavy atom. The van der Waals surface area contributed by atoms with Gasteiger partial charge in [0.15, 0.2) is 0 Å². The summed E-state index contributed by atoms with van der Waals surface area (Å²) in [4.78, 5) is 22.0. The van der Waals surface area contributed by atoms with E-state index in [1.165, 1.54) is 29.7 Å². The van der Waals surface area contributed by atoms with Crippen LogP contribution in [0.2, 0.25) is 0 Å². The van der Waals surface area contributed by atoms with Crippen LogP contribution >= 0.6 is 0 Å². The molecule has 0 bridgehead atoms. The van der Waals surface area contributed by atoms with Gasteiger partial charge in [0, 0.05) is 18.7 Å². The fourth-order valence-corrected chi connectivity index (χ4v) is 4.40. The van der Waals surface area contributed by atoms with Gasteiger partial charge < -0.3 is 10.4 Å². The van der Waals surface area contributed by atoms with Gasteiger partial charge in [-0.05, 0) is 73.8 Å². The summed E-state index contributed by atoms with van der Waals surface area (Å²) in [6.45, 7) is 12.2. The molecule has 0 spiro atoms. The maximum absolute atomic E-state index is 11.3. The number of carbonyl (C=O) groups is 2. The van der Waals surface area contributed by atoms with Gasteiger partial charge in [-0.25, -0.2) is 4.79 Å². The largest absolute Gasteiger partial charge is 0.478 e. The maximum atomic E-state index is 11.3. The van der Waals surface area contributed by atoms with E-state index >= 15 is 0 Å². The van der Waals surface area contributed by atoms with Crippen molar-refractivity contribution in [1.82, 2.24) is 0 Å². The molecule has 1 aromatic carbocycles. The van der Waals surface area contributed by atoms with Crippen LogP contribution < -0.4 is 5.32 Å². The average Bonchev–Trinajstić information content (AvgIpc) is 2.67. The molecule has 0 fully saturated rings. The number of amides is 1. The quantitative estimate of drug-likeness (QED) is 0.361. The molecule has 32 heavy (non-hydrogen) atoms. The summed E-state index contributed by atoms with van der Waals surface area (Å²) in [5.74, 6) is -0.604. The van der Waals surface area contributed by atoms with Gasteiger partial charge in [-0.2, -0.15) is 0 Å². The SMILES string of the molecule is CC(=O)Nc1ccc(C2CCC(C)=C(/C=C/C(C)=C/C=C/C(C)=C/C(=O)O)C2(C)C)cc1. The fourth-order valence-electron chi connectivity index (χ4n) is 4.40. The standard InChI is InChI=1S/C28H35NO3/c1-19(8-7-9-20(2)18-27(31)32)10-16-25-21(3)11-17-26(28(25,5)6)23-12-14-24(15-13-23)29-22(4)30/h7-10,12-16,18,26H,11,17H2,1-6H3,(H,29,30)(H,31,32)/b9-7+,16-10+,19-8+,20-18+. The molecule has 4 heteroatoms. The van der Waals surface area contributed by atoms with Crippen molar-refractivity contribution in [2.75, 3.05) is 5.32 Å². The number of hydrogen-bond donors (Lipinski definition) is 2. The number of carboxylic acids is 1. The highest BCUT2D eigenvalue weighted by Crippen LogP contribution is 2.50. The zero-order valence-corrected chi connectivity index (χ0v) is 20.0. The average molecular weight is 434 g/mol. The summed E-state index contributed by atoms with van der Waals surface area (Å²) >= 11 is 0. The van der Waals surface area contributed by atoms with Crippen molar-refractivity contribution in [3.8, 4) is 0 Å². The lowest BCUT2D eigenvalue weighted by molar-refractivity contribution is -0.131. The molecule has 1 unspecified atom stereocenters. The van der Waals surface area contributed by atoms with Gasteiger partial charge in [0.05, 0.1) is 0 Å². The van der Waals surface area contributed by atoms with E-state index in [4.69, 9.17) is 5.11 Å². The summed E-state index contributed by atoms with van der Waals surface area (Å²) in [5.41, 5.74) is 6.67. The minimum Gasteiger partial charge on any atom is -0.478 e. The van der Waals surface area contributed by atoms with Crippen molar-refractivity contribution in [1.29, 1.82) is 0 Å². The molecule has 1 atom stereocenters. The Balaban J connectivity index is 2.20. The molecule has 0 saturated carbocycles. The Kier molecular flexibility index (Phi) is 8.59. The fraction of sp³-hybridized carbons (Fsp3) is 0.357. The molecule has 2 rings (SSSR count). The number of nitrogens with one attached hydrogen (secondary N) is 1. The number of allylic oxidation sites excluding steroid dienone is 9. The van der Waals surface area contributed by atoms with E-state index in [-0.39, 0.29) is 11.3 Å². The van der Waals surface area contributed by atoms with Crippen molar-refractivity contribution in [3.05, 3.63) is 88.6 Å². The first-order valence-corrected chi connectivity index (χ1v) is 11.0. The van der Waals surface area contributed by atoms with Crippen LogP contribution in [0.5, 0.6) is 0 Å². The van der Waals surface area contributed by atoms with Crippen LogP contribution in [0.15, 0.2) is 83.0 Å². The first-order chi connectivity index (χ1) is 15.0. The summed E-state index contributed by atoms with van der Waals surface area (Å²) in [7, 11) is 0. The van der Waals surface area contributed by atoms with Crippen LogP contribution in [-0.2, 0) is 9.59 Å². The van der Waals surface area contributed by atoms with Crippen LogP contribution in [0.1, 0.15) is 65.9 Å². The normalized spacial score (nSPS) is 19.6. The van der Waals surface area contributed by atoms with E-state index in [0.29, 0.717) is 11.5 Å². The summed E-state index contributed by atoms with van der Waals surface area (Å²) in [6.07, 6.45) is 13.4. The minimum atomic E-state index is -0.936. The summed E-state index contributed by atoms with van der Waals surface area (Å²) in [6, 6.07) is 8.21. The topological polar surface area (TPSA) is 66.4 Å². The number of aliphatic carboxylic acids is 1.